The Kier molecular flexibility index (Phi) is 2.61. The van der Waals surface area contributed by atoms with Gasteiger partial charge in [0.05, 0.1) is 0 Å². The molecule has 0 aliphatic carbocycles. The van der Waals surface area contributed by atoms with Crippen molar-refractivity contribution in [2.24, 2.45) is 0 Å². The molecule has 9 heteroatoms. The molecule has 1 heterocycles. The van der Waals surface area contributed by atoms with Gasteiger partial charge in [-0.1, -0.05) is 0 Å². The maximum absolute atomic E-state index is 13.1. The SMILES string of the molecule is O=S(=O)(F)CC1(F)COC(=C(F)F)O1. The molecule has 1 saturated heterocycles. The standard InChI is InChI=1S/C5H4F4O4S/c6-3(7)4-12-1-5(8,13-4)2-14(9,10)11/h1-2H2. The van der Waals surface area contributed by atoms with E-state index in [1.54, 1.807) is 0 Å². The first-order valence-electron chi connectivity index (χ1n) is 3.20. The van der Waals surface area contributed by atoms with Crippen molar-refractivity contribution < 1.29 is 34.9 Å². The van der Waals surface area contributed by atoms with E-state index in [1.165, 1.54) is 0 Å². The molecule has 0 N–H and O–H groups in total. The molecule has 0 spiro atoms. The normalized spacial score (nSPS) is 27.0. The van der Waals surface area contributed by atoms with Gasteiger partial charge in [-0.3, -0.25) is 0 Å². The second-order valence-corrected chi connectivity index (χ2v) is 3.87. The largest absolute Gasteiger partial charge is 0.454 e. The van der Waals surface area contributed by atoms with Crippen LogP contribution in [0.3, 0.4) is 0 Å². The summed E-state index contributed by atoms with van der Waals surface area (Å²) in [6, 6.07) is 0. The lowest BCUT2D eigenvalue weighted by Crippen LogP contribution is -2.33. The molecule has 4 nitrogen and oxygen atoms in total. The summed E-state index contributed by atoms with van der Waals surface area (Å²) >= 11 is 0. The molecule has 0 aromatic heterocycles. The first kappa shape index (κ1) is 11.1. The van der Waals surface area contributed by atoms with Crippen molar-refractivity contribution in [3.05, 3.63) is 12.0 Å². The third-order valence-electron chi connectivity index (χ3n) is 1.24. The predicted octanol–water partition coefficient (Wildman–Crippen LogP) is 1.06. The van der Waals surface area contributed by atoms with Crippen LogP contribution in [0.25, 0.3) is 0 Å². The van der Waals surface area contributed by atoms with Crippen molar-refractivity contribution in [3.63, 3.8) is 0 Å². The van der Waals surface area contributed by atoms with Gasteiger partial charge in [0.15, 0.2) is 12.4 Å². The van der Waals surface area contributed by atoms with Crippen molar-refractivity contribution >= 4 is 10.2 Å². The van der Waals surface area contributed by atoms with Gasteiger partial charge in [0.25, 0.3) is 0 Å². The number of rotatable bonds is 2. The van der Waals surface area contributed by atoms with Crippen LogP contribution in [0.1, 0.15) is 0 Å². The lowest BCUT2D eigenvalue weighted by molar-refractivity contribution is -0.0554. The summed E-state index contributed by atoms with van der Waals surface area (Å²) in [5, 5.41) is 0. The van der Waals surface area contributed by atoms with Gasteiger partial charge in [-0.2, -0.15) is 21.6 Å². The summed E-state index contributed by atoms with van der Waals surface area (Å²) in [4.78, 5) is 0. The first-order valence-corrected chi connectivity index (χ1v) is 4.75. The van der Waals surface area contributed by atoms with Gasteiger partial charge < -0.3 is 9.47 Å². The molecule has 0 bridgehead atoms. The van der Waals surface area contributed by atoms with Crippen LogP contribution in [0, 0.1) is 0 Å². The molecule has 0 aromatic carbocycles. The minimum absolute atomic E-state index is 1.09. The molecule has 0 saturated carbocycles. The van der Waals surface area contributed by atoms with Crippen molar-refractivity contribution in [3.8, 4) is 0 Å². The van der Waals surface area contributed by atoms with E-state index in [4.69, 9.17) is 0 Å². The van der Waals surface area contributed by atoms with E-state index < -0.39 is 40.5 Å². The quantitative estimate of drug-likeness (QED) is 0.531. The van der Waals surface area contributed by atoms with Gasteiger partial charge in [-0.25, -0.2) is 0 Å². The molecule has 0 radical (unpaired) electrons. The molecule has 0 aromatic rings. The van der Waals surface area contributed by atoms with E-state index in [1.807, 2.05) is 0 Å². The minimum atomic E-state index is -5.16. The summed E-state index contributed by atoms with van der Waals surface area (Å²) < 4.78 is 76.4. The molecule has 1 fully saturated rings. The van der Waals surface area contributed by atoms with Gasteiger partial charge in [-0.15, -0.1) is 3.89 Å². The van der Waals surface area contributed by atoms with Gasteiger partial charge in [0, 0.05) is 0 Å². The van der Waals surface area contributed by atoms with Crippen LogP contribution in [-0.2, 0) is 19.7 Å². The molecule has 0 amide bonds. The van der Waals surface area contributed by atoms with Crippen LogP contribution in [0.2, 0.25) is 0 Å². The van der Waals surface area contributed by atoms with Gasteiger partial charge >= 0.3 is 28.1 Å². The molecule has 1 atom stereocenters. The summed E-state index contributed by atoms with van der Waals surface area (Å²) in [5.74, 6) is -6.19. The van der Waals surface area contributed by atoms with E-state index in [0.717, 1.165) is 0 Å². The van der Waals surface area contributed by atoms with Crippen LogP contribution in [0.5, 0.6) is 0 Å². The van der Waals surface area contributed by atoms with Crippen molar-refractivity contribution in [1.82, 2.24) is 0 Å². The highest BCUT2D eigenvalue weighted by molar-refractivity contribution is 7.86. The minimum Gasteiger partial charge on any atom is -0.454 e. The van der Waals surface area contributed by atoms with Crippen LogP contribution >= 0.6 is 0 Å². The van der Waals surface area contributed by atoms with Gasteiger partial charge in [0.2, 0.25) is 0 Å². The van der Waals surface area contributed by atoms with Crippen LogP contribution in [0.15, 0.2) is 12.0 Å². The van der Waals surface area contributed by atoms with Crippen molar-refractivity contribution in [2.75, 3.05) is 12.4 Å². The predicted molar refractivity (Wildman–Crippen MR) is 35.0 cm³/mol. The smallest absolute Gasteiger partial charge is 0.351 e. The van der Waals surface area contributed by atoms with Crippen LogP contribution < -0.4 is 0 Å². The highest BCUT2D eigenvalue weighted by Gasteiger charge is 2.46. The lowest BCUT2D eigenvalue weighted by Gasteiger charge is -2.12. The van der Waals surface area contributed by atoms with Gasteiger partial charge in [-0.05, 0) is 0 Å². The lowest BCUT2D eigenvalue weighted by atomic mass is 10.4. The Balaban J connectivity index is 2.78. The third-order valence-corrected chi connectivity index (χ3v) is 2.01. The fourth-order valence-corrected chi connectivity index (χ4v) is 1.48. The second kappa shape index (κ2) is 3.30. The van der Waals surface area contributed by atoms with Gasteiger partial charge in [0.1, 0.15) is 0 Å². The van der Waals surface area contributed by atoms with E-state index in [-0.39, 0.29) is 0 Å². The maximum atomic E-state index is 13.1. The molecule has 1 aliphatic heterocycles. The molecular formula is C5H4F4O4S. The zero-order valence-electron chi connectivity index (χ0n) is 6.47. The molecule has 1 unspecified atom stereocenters. The molecule has 82 valence electrons. The Labute approximate surface area is 76.3 Å². The fraction of sp³-hybridized carbons (Fsp3) is 0.600. The van der Waals surface area contributed by atoms with E-state index in [0.29, 0.717) is 0 Å². The Morgan fingerprint density at radius 1 is 1.50 bits per heavy atom. The Morgan fingerprint density at radius 3 is 2.43 bits per heavy atom. The number of halogens is 4. The zero-order chi connectivity index (χ0) is 11.0. The number of ether oxygens (including phenoxy) is 2. The van der Waals surface area contributed by atoms with E-state index in [2.05, 4.69) is 9.47 Å². The topological polar surface area (TPSA) is 52.6 Å². The van der Waals surface area contributed by atoms with Crippen molar-refractivity contribution in [2.45, 2.75) is 5.85 Å². The zero-order valence-corrected chi connectivity index (χ0v) is 7.28. The summed E-state index contributed by atoms with van der Waals surface area (Å²) in [6.07, 6.45) is -2.44. The first-order chi connectivity index (χ1) is 6.22. The highest BCUT2D eigenvalue weighted by atomic mass is 32.3. The average Bonchev–Trinajstić information content (AvgIpc) is 2.27. The highest BCUT2D eigenvalue weighted by Crippen LogP contribution is 2.31. The van der Waals surface area contributed by atoms with E-state index in [9.17, 15) is 25.5 Å². The molecule has 1 aliphatic rings. The number of alkyl halides is 1. The maximum Gasteiger partial charge on any atom is 0.351 e. The fourth-order valence-electron chi connectivity index (χ4n) is 0.820. The Hall–Kier alpha value is -0.990. The second-order valence-electron chi connectivity index (χ2n) is 2.50. The summed E-state index contributed by atoms with van der Waals surface area (Å²) in [7, 11) is -5.16. The monoisotopic (exact) mass is 236 g/mol. The number of hydrogen-bond donors (Lipinski definition) is 0. The van der Waals surface area contributed by atoms with E-state index >= 15 is 0 Å². The molecule has 1 rings (SSSR count). The molecule has 14 heavy (non-hydrogen) atoms. The number of hydrogen-bond acceptors (Lipinski definition) is 4. The van der Waals surface area contributed by atoms with Crippen molar-refractivity contribution in [1.29, 1.82) is 0 Å². The summed E-state index contributed by atoms with van der Waals surface area (Å²) in [6.45, 7) is -1.09. The average molecular weight is 236 g/mol. The third kappa shape index (κ3) is 2.76. The molecular weight excluding hydrogens is 232 g/mol. The Bertz CT molecular complexity index is 360. The van der Waals surface area contributed by atoms with Crippen LogP contribution in [0.4, 0.5) is 17.1 Å². The van der Waals surface area contributed by atoms with Crippen LogP contribution in [-0.4, -0.2) is 26.6 Å². The Morgan fingerprint density at radius 2 is 2.07 bits per heavy atom. The summed E-state index contributed by atoms with van der Waals surface area (Å²) in [5.41, 5.74) is 0.